The maximum absolute atomic E-state index is 10.7. The zero-order chi connectivity index (χ0) is 13.1. The van der Waals surface area contributed by atoms with Crippen molar-refractivity contribution in [1.29, 1.82) is 0 Å². The molecule has 0 aliphatic carbocycles. The van der Waals surface area contributed by atoms with Crippen LogP contribution in [0.4, 0.5) is 11.4 Å². The fraction of sp³-hybridized carbons (Fsp3) is 0.143. The van der Waals surface area contributed by atoms with Crippen LogP contribution in [0, 0.1) is 13.8 Å². The molecule has 4 heteroatoms. The van der Waals surface area contributed by atoms with Gasteiger partial charge in [0.1, 0.15) is 0 Å². The largest absolute Gasteiger partial charge is 0.478 e. The fourth-order valence-corrected chi connectivity index (χ4v) is 1.77. The zero-order valence-electron chi connectivity index (χ0n) is 10.3. The summed E-state index contributed by atoms with van der Waals surface area (Å²) in [5.74, 6) is -0.919. The highest BCUT2D eigenvalue weighted by atomic mass is 16.4. The van der Waals surface area contributed by atoms with Gasteiger partial charge in [-0.25, -0.2) is 4.79 Å². The highest BCUT2D eigenvalue weighted by molar-refractivity contribution is 5.88. The summed E-state index contributed by atoms with van der Waals surface area (Å²) in [6.45, 7) is 3.87. The van der Waals surface area contributed by atoms with E-state index < -0.39 is 5.97 Å². The van der Waals surface area contributed by atoms with Gasteiger partial charge in [-0.3, -0.25) is 4.98 Å². The van der Waals surface area contributed by atoms with E-state index in [1.54, 1.807) is 24.3 Å². The molecule has 92 valence electrons. The predicted octanol–water partition coefficient (Wildman–Crippen LogP) is 3.14. The number of carboxylic acid groups (broad SMARTS) is 1. The molecule has 0 aliphatic heterocycles. The van der Waals surface area contributed by atoms with Gasteiger partial charge in [0.15, 0.2) is 0 Å². The second-order valence-corrected chi connectivity index (χ2v) is 4.15. The van der Waals surface area contributed by atoms with Crippen molar-refractivity contribution < 1.29 is 9.90 Å². The molecule has 0 saturated heterocycles. The molecule has 2 rings (SSSR count). The van der Waals surface area contributed by atoms with Gasteiger partial charge in [0.2, 0.25) is 0 Å². The Balaban J connectivity index is 2.20. The molecular weight excluding hydrogens is 228 g/mol. The minimum atomic E-state index is -0.919. The summed E-state index contributed by atoms with van der Waals surface area (Å²) in [6.07, 6.45) is 0. The Hall–Kier alpha value is -2.36. The number of pyridine rings is 1. The lowest BCUT2D eigenvalue weighted by Gasteiger charge is -2.08. The van der Waals surface area contributed by atoms with Crippen LogP contribution in [0.3, 0.4) is 0 Å². The summed E-state index contributed by atoms with van der Waals surface area (Å²) in [5.41, 5.74) is 3.97. The molecule has 1 heterocycles. The number of carboxylic acids is 1. The SMILES string of the molecule is Cc1cc(Nc2ccc(C(=O)O)cc2)cc(C)n1. The third-order valence-electron chi connectivity index (χ3n) is 2.50. The van der Waals surface area contributed by atoms with Gasteiger partial charge >= 0.3 is 5.97 Å². The molecule has 1 aromatic heterocycles. The summed E-state index contributed by atoms with van der Waals surface area (Å²) < 4.78 is 0. The molecule has 0 bridgehead atoms. The number of carbonyl (C=O) groups is 1. The quantitative estimate of drug-likeness (QED) is 0.868. The first kappa shape index (κ1) is 12.1. The third-order valence-corrected chi connectivity index (χ3v) is 2.50. The van der Waals surface area contributed by atoms with E-state index in [4.69, 9.17) is 5.11 Å². The number of aromatic nitrogens is 1. The first-order valence-electron chi connectivity index (χ1n) is 5.60. The number of nitrogens with one attached hydrogen (secondary N) is 1. The summed E-state index contributed by atoms with van der Waals surface area (Å²) in [7, 11) is 0. The number of hydrogen-bond donors (Lipinski definition) is 2. The molecular formula is C14H14N2O2. The summed E-state index contributed by atoms with van der Waals surface area (Å²) in [4.78, 5) is 15.0. The molecule has 0 fully saturated rings. The van der Waals surface area contributed by atoms with Gasteiger partial charge in [-0.15, -0.1) is 0 Å². The van der Waals surface area contributed by atoms with Crippen molar-refractivity contribution in [2.45, 2.75) is 13.8 Å². The van der Waals surface area contributed by atoms with Crippen LogP contribution in [0.25, 0.3) is 0 Å². The molecule has 0 amide bonds. The van der Waals surface area contributed by atoms with Crippen molar-refractivity contribution >= 4 is 17.3 Å². The van der Waals surface area contributed by atoms with Crippen LogP contribution in [-0.4, -0.2) is 16.1 Å². The second kappa shape index (κ2) is 4.87. The first-order chi connectivity index (χ1) is 8.54. The smallest absolute Gasteiger partial charge is 0.335 e. The van der Waals surface area contributed by atoms with Gasteiger partial charge in [-0.2, -0.15) is 0 Å². The Labute approximate surface area is 105 Å². The minimum Gasteiger partial charge on any atom is -0.478 e. The van der Waals surface area contributed by atoms with Crippen LogP contribution in [0.15, 0.2) is 36.4 Å². The highest BCUT2D eigenvalue weighted by Gasteiger charge is 2.02. The Morgan fingerprint density at radius 1 is 1.06 bits per heavy atom. The van der Waals surface area contributed by atoms with E-state index in [0.29, 0.717) is 0 Å². The fourth-order valence-electron chi connectivity index (χ4n) is 1.77. The van der Waals surface area contributed by atoms with Crippen LogP contribution < -0.4 is 5.32 Å². The molecule has 0 saturated carbocycles. The topological polar surface area (TPSA) is 62.2 Å². The van der Waals surface area contributed by atoms with Gasteiger partial charge in [0, 0.05) is 22.8 Å². The van der Waals surface area contributed by atoms with Crippen LogP contribution in [-0.2, 0) is 0 Å². The molecule has 0 unspecified atom stereocenters. The Morgan fingerprint density at radius 3 is 2.11 bits per heavy atom. The zero-order valence-corrected chi connectivity index (χ0v) is 10.3. The number of hydrogen-bond acceptors (Lipinski definition) is 3. The Bertz CT molecular complexity index is 557. The van der Waals surface area contributed by atoms with Gasteiger partial charge in [0.05, 0.1) is 5.56 Å². The lowest BCUT2D eigenvalue weighted by atomic mass is 10.2. The molecule has 4 nitrogen and oxygen atoms in total. The van der Waals surface area contributed by atoms with Crippen molar-refractivity contribution in [3.05, 3.63) is 53.3 Å². The van der Waals surface area contributed by atoms with Crippen LogP contribution >= 0.6 is 0 Å². The number of nitrogens with zero attached hydrogens (tertiary/aromatic N) is 1. The molecule has 1 aromatic carbocycles. The second-order valence-electron chi connectivity index (χ2n) is 4.15. The number of benzene rings is 1. The van der Waals surface area contributed by atoms with Gasteiger partial charge < -0.3 is 10.4 Å². The van der Waals surface area contributed by atoms with Crippen molar-refractivity contribution in [3.8, 4) is 0 Å². The number of aryl methyl sites for hydroxylation is 2. The van der Waals surface area contributed by atoms with Crippen LogP contribution in [0.1, 0.15) is 21.7 Å². The van der Waals surface area contributed by atoms with Gasteiger partial charge in [-0.05, 0) is 50.2 Å². The minimum absolute atomic E-state index is 0.280. The van der Waals surface area contributed by atoms with Crippen molar-refractivity contribution in [2.24, 2.45) is 0 Å². The molecule has 2 aromatic rings. The van der Waals surface area contributed by atoms with Crippen LogP contribution in [0.2, 0.25) is 0 Å². The molecule has 2 N–H and O–H groups in total. The van der Waals surface area contributed by atoms with Crippen molar-refractivity contribution in [2.75, 3.05) is 5.32 Å². The molecule has 0 spiro atoms. The maximum Gasteiger partial charge on any atom is 0.335 e. The van der Waals surface area contributed by atoms with E-state index >= 15 is 0 Å². The van der Waals surface area contributed by atoms with Gasteiger partial charge in [0.25, 0.3) is 0 Å². The highest BCUT2D eigenvalue weighted by Crippen LogP contribution is 2.18. The van der Waals surface area contributed by atoms with Gasteiger partial charge in [-0.1, -0.05) is 0 Å². The molecule has 0 atom stereocenters. The van der Waals surface area contributed by atoms with E-state index in [2.05, 4.69) is 10.3 Å². The average molecular weight is 242 g/mol. The maximum atomic E-state index is 10.7. The normalized spacial score (nSPS) is 10.1. The summed E-state index contributed by atoms with van der Waals surface area (Å²) in [5, 5.41) is 12.0. The van der Waals surface area contributed by atoms with E-state index in [0.717, 1.165) is 22.8 Å². The van der Waals surface area contributed by atoms with E-state index in [1.807, 2.05) is 26.0 Å². The third kappa shape index (κ3) is 2.85. The summed E-state index contributed by atoms with van der Waals surface area (Å²) >= 11 is 0. The first-order valence-corrected chi connectivity index (χ1v) is 5.60. The monoisotopic (exact) mass is 242 g/mol. The Morgan fingerprint density at radius 2 is 1.61 bits per heavy atom. The lowest BCUT2D eigenvalue weighted by Crippen LogP contribution is -1.97. The van der Waals surface area contributed by atoms with E-state index in [-0.39, 0.29) is 5.56 Å². The molecule has 0 aliphatic rings. The number of aromatic carboxylic acids is 1. The van der Waals surface area contributed by atoms with E-state index in [1.165, 1.54) is 0 Å². The average Bonchev–Trinajstić information content (AvgIpc) is 2.28. The lowest BCUT2D eigenvalue weighted by molar-refractivity contribution is 0.0697. The summed E-state index contributed by atoms with van der Waals surface area (Å²) in [6, 6.07) is 10.5. The van der Waals surface area contributed by atoms with Crippen molar-refractivity contribution in [3.63, 3.8) is 0 Å². The standard InChI is InChI=1S/C14H14N2O2/c1-9-7-13(8-10(2)15-9)16-12-5-3-11(4-6-12)14(17)18/h3-8H,1-2H3,(H,15,16)(H,17,18). The Kier molecular flexibility index (Phi) is 3.28. The number of anilines is 2. The molecule has 0 radical (unpaired) electrons. The van der Waals surface area contributed by atoms with Crippen molar-refractivity contribution in [1.82, 2.24) is 4.98 Å². The predicted molar refractivity (Wildman–Crippen MR) is 70.4 cm³/mol. The van der Waals surface area contributed by atoms with E-state index in [9.17, 15) is 4.79 Å². The number of rotatable bonds is 3. The molecule has 18 heavy (non-hydrogen) atoms. The van der Waals surface area contributed by atoms with Crippen LogP contribution in [0.5, 0.6) is 0 Å².